The highest BCUT2D eigenvalue weighted by Gasteiger charge is 2.24. The molecule has 22 heavy (non-hydrogen) atoms. The second kappa shape index (κ2) is 7.21. The fourth-order valence-electron chi connectivity index (χ4n) is 2.92. The van der Waals surface area contributed by atoms with Crippen LogP contribution in [0, 0.1) is 0 Å². The Bertz CT molecular complexity index is 614. The van der Waals surface area contributed by atoms with Crippen LogP contribution < -0.4 is 0 Å². The number of carbonyl (C=O) groups is 1. The molecule has 0 spiro atoms. The molecule has 0 bridgehead atoms. The van der Waals surface area contributed by atoms with Gasteiger partial charge >= 0.3 is 0 Å². The number of ether oxygens (including phenoxy) is 1. The molecule has 0 unspecified atom stereocenters. The number of ketones is 1. The van der Waals surface area contributed by atoms with Gasteiger partial charge in [0.1, 0.15) is 0 Å². The van der Waals surface area contributed by atoms with Crippen molar-refractivity contribution in [3.05, 3.63) is 70.2 Å². The predicted octanol–water partition coefficient (Wildman–Crippen LogP) is 4.98. The summed E-state index contributed by atoms with van der Waals surface area (Å²) in [5.41, 5.74) is 2.09. The van der Waals surface area contributed by atoms with E-state index in [4.69, 9.17) is 4.74 Å². The second-order valence-corrected chi connectivity index (χ2v) is 6.69. The third kappa shape index (κ3) is 3.84. The fourth-order valence-corrected chi connectivity index (χ4v) is 3.18. The maximum atomic E-state index is 12.3. The number of Topliss-reactive ketones (excluding diaryl/α,β-unsaturated/α-hetero) is 1. The molecule has 1 aliphatic rings. The highest BCUT2D eigenvalue weighted by Crippen LogP contribution is 2.29. The molecule has 2 aromatic rings. The first kappa shape index (κ1) is 15.4. The molecule has 3 heteroatoms. The van der Waals surface area contributed by atoms with Crippen LogP contribution in [0.2, 0.25) is 0 Å². The van der Waals surface area contributed by atoms with Crippen molar-refractivity contribution in [2.24, 2.45) is 0 Å². The summed E-state index contributed by atoms with van der Waals surface area (Å²) in [6.45, 7) is 0.711. The van der Waals surface area contributed by atoms with Crippen molar-refractivity contribution in [1.29, 1.82) is 0 Å². The fraction of sp³-hybridized carbons (Fsp3) is 0.316. The van der Waals surface area contributed by atoms with Gasteiger partial charge in [-0.2, -0.15) is 0 Å². The van der Waals surface area contributed by atoms with Crippen LogP contribution in [-0.4, -0.2) is 18.5 Å². The molecule has 0 aromatic heterocycles. The molecule has 2 aromatic carbocycles. The van der Waals surface area contributed by atoms with Crippen LogP contribution in [0.4, 0.5) is 0 Å². The molecular formula is C19H19BrO2. The maximum absolute atomic E-state index is 12.3. The van der Waals surface area contributed by atoms with Crippen LogP contribution in [0.25, 0.3) is 0 Å². The van der Waals surface area contributed by atoms with Crippen molar-refractivity contribution in [2.75, 3.05) is 6.61 Å². The lowest BCUT2D eigenvalue weighted by molar-refractivity contribution is 0.00162. The Labute approximate surface area is 139 Å². The molecular weight excluding hydrogens is 340 g/mol. The summed E-state index contributed by atoms with van der Waals surface area (Å²) in [5.74, 6) is 0.621. The summed E-state index contributed by atoms with van der Waals surface area (Å²) in [7, 11) is 0. The monoisotopic (exact) mass is 358 g/mol. The first-order valence-corrected chi connectivity index (χ1v) is 8.47. The third-order valence-electron chi connectivity index (χ3n) is 4.22. The molecule has 1 aliphatic heterocycles. The minimum absolute atomic E-state index is 0.0520. The Hall–Kier alpha value is -1.45. The Morgan fingerprint density at radius 2 is 1.77 bits per heavy atom. The number of halogens is 1. The molecule has 1 fully saturated rings. The Morgan fingerprint density at radius 3 is 2.41 bits per heavy atom. The zero-order chi connectivity index (χ0) is 15.4. The van der Waals surface area contributed by atoms with Gasteiger partial charge in [-0.15, -0.1) is 0 Å². The minimum atomic E-state index is 0.0520. The highest BCUT2D eigenvalue weighted by atomic mass is 79.9. The number of carbonyl (C=O) groups excluding carboxylic acids is 1. The van der Waals surface area contributed by atoms with Gasteiger partial charge in [0, 0.05) is 22.4 Å². The normalized spacial score (nSPS) is 21.5. The topological polar surface area (TPSA) is 26.3 Å². The lowest BCUT2D eigenvalue weighted by Gasteiger charge is -2.29. The molecule has 0 radical (unpaired) electrons. The molecule has 114 valence electrons. The molecule has 0 aliphatic carbocycles. The van der Waals surface area contributed by atoms with E-state index in [1.165, 1.54) is 5.56 Å². The van der Waals surface area contributed by atoms with Gasteiger partial charge in [0.05, 0.1) is 12.7 Å². The first-order valence-electron chi connectivity index (χ1n) is 7.67. The first-order chi connectivity index (χ1) is 10.7. The van der Waals surface area contributed by atoms with Crippen LogP contribution >= 0.6 is 15.9 Å². The maximum Gasteiger partial charge on any atom is 0.165 e. The largest absolute Gasteiger partial charge is 0.377 e. The number of rotatable bonds is 4. The minimum Gasteiger partial charge on any atom is -0.377 e. The van der Waals surface area contributed by atoms with Gasteiger partial charge in [-0.25, -0.2) is 0 Å². The quantitative estimate of drug-likeness (QED) is 0.720. The molecule has 1 saturated heterocycles. The van der Waals surface area contributed by atoms with Crippen LogP contribution in [0.5, 0.6) is 0 Å². The highest BCUT2D eigenvalue weighted by molar-refractivity contribution is 9.10. The zero-order valence-corrected chi connectivity index (χ0v) is 14.0. The van der Waals surface area contributed by atoms with Crippen molar-refractivity contribution in [2.45, 2.75) is 31.3 Å². The smallest absolute Gasteiger partial charge is 0.165 e. The Morgan fingerprint density at radius 1 is 1.05 bits per heavy atom. The van der Waals surface area contributed by atoms with Gasteiger partial charge in [0.2, 0.25) is 0 Å². The van der Waals surface area contributed by atoms with Crippen LogP contribution in [0.1, 0.15) is 41.1 Å². The van der Waals surface area contributed by atoms with Gasteiger partial charge in [-0.3, -0.25) is 4.79 Å². The summed E-state index contributed by atoms with van der Waals surface area (Å²) in [4.78, 5) is 12.3. The average Bonchev–Trinajstić information content (AvgIpc) is 2.57. The van der Waals surface area contributed by atoms with Gasteiger partial charge in [0.25, 0.3) is 0 Å². The van der Waals surface area contributed by atoms with Crippen molar-refractivity contribution in [3.8, 4) is 0 Å². The summed E-state index contributed by atoms with van der Waals surface area (Å²) in [5, 5.41) is 0. The molecule has 3 rings (SSSR count). The predicted molar refractivity (Wildman–Crippen MR) is 91.2 cm³/mol. The van der Waals surface area contributed by atoms with E-state index in [1.807, 2.05) is 30.3 Å². The Kier molecular flexibility index (Phi) is 5.06. The summed E-state index contributed by atoms with van der Waals surface area (Å²) in [6, 6.07) is 18.0. The van der Waals surface area contributed by atoms with Gasteiger partial charge in [0.15, 0.2) is 5.78 Å². The average molecular weight is 359 g/mol. The van der Waals surface area contributed by atoms with Crippen molar-refractivity contribution in [3.63, 3.8) is 0 Å². The van der Waals surface area contributed by atoms with E-state index in [2.05, 4.69) is 40.2 Å². The van der Waals surface area contributed by atoms with Crippen LogP contribution in [-0.2, 0) is 4.74 Å². The lowest BCUT2D eigenvalue weighted by Crippen LogP contribution is -2.27. The molecule has 0 N–H and O–H groups in total. The summed E-state index contributed by atoms with van der Waals surface area (Å²) in [6.07, 6.45) is 2.56. The van der Waals surface area contributed by atoms with E-state index < -0.39 is 0 Å². The standard InChI is InChI=1S/C19H19BrO2/c20-17-9-6-15(7-10-17)19(21)12-18-11-8-16(13-22-18)14-4-2-1-3-5-14/h1-7,9-10,16,18H,8,11-13H2/t16-,18+/m1/s1. The van der Waals surface area contributed by atoms with E-state index in [9.17, 15) is 4.79 Å². The zero-order valence-electron chi connectivity index (χ0n) is 12.4. The molecule has 0 saturated carbocycles. The molecule has 0 amide bonds. The summed E-state index contributed by atoms with van der Waals surface area (Å²) >= 11 is 3.39. The van der Waals surface area contributed by atoms with E-state index in [0.29, 0.717) is 18.9 Å². The number of hydrogen-bond acceptors (Lipinski definition) is 2. The third-order valence-corrected chi connectivity index (χ3v) is 4.75. The van der Waals surface area contributed by atoms with Crippen molar-refractivity contribution >= 4 is 21.7 Å². The SMILES string of the molecule is O=C(C[C@@H]1CC[C@@H](c2ccccc2)CO1)c1ccc(Br)cc1. The van der Waals surface area contributed by atoms with Crippen LogP contribution in [0.3, 0.4) is 0 Å². The van der Waals surface area contributed by atoms with E-state index in [-0.39, 0.29) is 11.9 Å². The van der Waals surface area contributed by atoms with Crippen LogP contribution in [0.15, 0.2) is 59.1 Å². The van der Waals surface area contributed by atoms with Crippen molar-refractivity contribution < 1.29 is 9.53 Å². The van der Waals surface area contributed by atoms with E-state index >= 15 is 0 Å². The van der Waals surface area contributed by atoms with Gasteiger partial charge in [-0.05, 0) is 30.5 Å². The summed E-state index contributed by atoms with van der Waals surface area (Å²) < 4.78 is 6.92. The van der Waals surface area contributed by atoms with Gasteiger partial charge < -0.3 is 4.74 Å². The van der Waals surface area contributed by atoms with Gasteiger partial charge in [-0.1, -0.05) is 58.4 Å². The number of benzene rings is 2. The Balaban J connectivity index is 1.53. The second-order valence-electron chi connectivity index (χ2n) is 5.77. The van der Waals surface area contributed by atoms with E-state index in [1.54, 1.807) is 0 Å². The molecule has 2 nitrogen and oxygen atoms in total. The number of hydrogen-bond donors (Lipinski definition) is 0. The van der Waals surface area contributed by atoms with Crippen molar-refractivity contribution in [1.82, 2.24) is 0 Å². The lowest BCUT2D eigenvalue weighted by atomic mass is 9.90. The molecule has 1 heterocycles. The molecule has 2 atom stereocenters. The van der Waals surface area contributed by atoms with E-state index in [0.717, 1.165) is 22.9 Å².